The van der Waals surface area contributed by atoms with Crippen LogP contribution >= 0.6 is 0 Å². The normalized spacial score (nSPS) is 8.40. The van der Waals surface area contributed by atoms with E-state index in [-0.39, 0.29) is 5.48 Å². The Morgan fingerprint density at radius 3 is 1.10 bits per heavy atom. The molecular formula is C6H11N3O. The Labute approximate surface area is 58.9 Å². The number of nitrogen functional groups attached to an aromatic ring is 3. The maximum absolute atomic E-state index is 5.40. The first-order valence-electron chi connectivity index (χ1n) is 2.60. The number of nitrogens with two attached hydrogens (primary N) is 3. The first-order chi connectivity index (χ1) is 4.18. The summed E-state index contributed by atoms with van der Waals surface area (Å²) in [7, 11) is 0. The molecule has 10 heavy (non-hydrogen) atoms. The second-order valence-electron chi connectivity index (χ2n) is 1.93. The Bertz CT molecular complexity index is 174. The van der Waals surface area contributed by atoms with Crippen molar-refractivity contribution in [2.45, 2.75) is 0 Å². The van der Waals surface area contributed by atoms with E-state index in [0.717, 1.165) is 0 Å². The van der Waals surface area contributed by atoms with Gasteiger partial charge >= 0.3 is 0 Å². The monoisotopic (exact) mass is 141 g/mol. The van der Waals surface area contributed by atoms with Gasteiger partial charge in [0.2, 0.25) is 0 Å². The summed E-state index contributed by atoms with van der Waals surface area (Å²) in [5, 5.41) is 0. The molecule has 0 unspecified atom stereocenters. The summed E-state index contributed by atoms with van der Waals surface area (Å²) in [5.74, 6) is 0. The predicted octanol–water partition coefficient (Wildman–Crippen LogP) is -0.392. The third-order valence-corrected chi connectivity index (χ3v) is 1.00. The molecule has 0 bridgehead atoms. The topological polar surface area (TPSA) is 110 Å². The van der Waals surface area contributed by atoms with Gasteiger partial charge in [0.1, 0.15) is 0 Å². The fraction of sp³-hybridized carbons (Fsp3) is 0. The quantitative estimate of drug-likeness (QED) is 0.428. The van der Waals surface area contributed by atoms with Crippen LogP contribution in [0.4, 0.5) is 17.1 Å². The van der Waals surface area contributed by atoms with Crippen molar-refractivity contribution < 1.29 is 5.48 Å². The van der Waals surface area contributed by atoms with E-state index in [1.807, 2.05) is 0 Å². The summed E-state index contributed by atoms with van der Waals surface area (Å²) in [6.45, 7) is 0. The van der Waals surface area contributed by atoms with Crippen LogP contribution in [0.5, 0.6) is 0 Å². The zero-order chi connectivity index (χ0) is 6.85. The van der Waals surface area contributed by atoms with Crippen LogP contribution in [0.25, 0.3) is 0 Å². The maximum Gasteiger partial charge on any atom is 0.0355 e. The summed E-state index contributed by atoms with van der Waals surface area (Å²) >= 11 is 0. The van der Waals surface area contributed by atoms with E-state index in [9.17, 15) is 0 Å². The zero-order valence-corrected chi connectivity index (χ0v) is 5.46. The summed E-state index contributed by atoms with van der Waals surface area (Å²) in [5.41, 5.74) is 18.0. The van der Waals surface area contributed by atoms with E-state index in [0.29, 0.717) is 17.1 Å². The Kier molecular flexibility index (Phi) is 2.52. The van der Waals surface area contributed by atoms with Crippen molar-refractivity contribution >= 4 is 17.1 Å². The van der Waals surface area contributed by atoms with Crippen LogP contribution < -0.4 is 17.2 Å². The van der Waals surface area contributed by atoms with Gasteiger partial charge in [-0.2, -0.15) is 0 Å². The van der Waals surface area contributed by atoms with Gasteiger partial charge in [-0.15, -0.1) is 0 Å². The fourth-order valence-corrected chi connectivity index (χ4v) is 0.702. The SMILES string of the molecule is Nc1cc(N)cc(N)c1.O. The molecule has 4 nitrogen and oxygen atoms in total. The molecule has 1 aromatic rings. The Morgan fingerprint density at radius 1 is 0.700 bits per heavy atom. The molecule has 0 fully saturated rings. The van der Waals surface area contributed by atoms with Crippen LogP contribution in [0.1, 0.15) is 0 Å². The Balaban J connectivity index is 0.000000810. The smallest absolute Gasteiger partial charge is 0.0355 e. The fourth-order valence-electron chi connectivity index (χ4n) is 0.702. The third-order valence-electron chi connectivity index (χ3n) is 1.00. The lowest BCUT2D eigenvalue weighted by Crippen LogP contribution is -1.93. The molecule has 0 amide bonds. The van der Waals surface area contributed by atoms with Gasteiger partial charge in [0, 0.05) is 17.1 Å². The Morgan fingerprint density at radius 2 is 0.900 bits per heavy atom. The molecule has 8 N–H and O–H groups in total. The van der Waals surface area contributed by atoms with Gasteiger partial charge in [-0.1, -0.05) is 0 Å². The van der Waals surface area contributed by atoms with Crippen molar-refractivity contribution in [1.29, 1.82) is 0 Å². The van der Waals surface area contributed by atoms with Crippen molar-refractivity contribution in [3.63, 3.8) is 0 Å². The van der Waals surface area contributed by atoms with E-state index >= 15 is 0 Å². The summed E-state index contributed by atoms with van der Waals surface area (Å²) in [6.07, 6.45) is 0. The van der Waals surface area contributed by atoms with Crippen molar-refractivity contribution in [1.82, 2.24) is 0 Å². The molecule has 4 heteroatoms. The molecule has 0 saturated heterocycles. The van der Waals surface area contributed by atoms with Gasteiger partial charge in [0.25, 0.3) is 0 Å². The molecule has 1 aromatic carbocycles. The zero-order valence-electron chi connectivity index (χ0n) is 5.46. The first-order valence-corrected chi connectivity index (χ1v) is 2.60. The van der Waals surface area contributed by atoms with Crippen molar-refractivity contribution in [3.8, 4) is 0 Å². The minimum atomic E-state index is 0. The highest BCUT2D eigenvalue weighted by atomic mass is 16.0. The van der Waals surface area contributed by atoms with Gasteiger partial charge in [0.15, 0.2) is 0 Å². The van der Waals surface area contributed by atoms with E-state index in [1.165, 1.54) is 0 Å². The number of anilines is 3. The first kappa shape index (κ1) is 8.58. The van der Waals surface area contributed by atoms with Crippen LogP contribution in [-0.2, 0) is 0 Å². The van der Waals surface area contributed by atoms with Gasteiger partial charge in [-0.3, -0.25) is 0 Å². The van der Waals surface area contributed by atoms with Gasteiger partial charge in [-0.05, 0) is 18.2 Å². The van der Waals surface area contributed by atoms with Crippen LogP contribution in [0, 0.1) is 0 Å². The lowest BCUT2D eigenvalue weighted by molar-refractivity contribution is 0.824. The van der Waals surface area contributed by atoms with Crippen LogP contribution in [-0.4, -0.2) is 5.48 Å². The molecule has 0 heterocycles. The lowest BCUT2D eigenvalue weighted by atomic mass is 10.2. The summed E-state index contributed by atoms with van der Waals surface area (Å²) in [6, 6.07) is 4.99. The molecule has 56 valence electrons. The van der Waals surface area contributed by atoms with Crippen LogP contribution in [0.15, 0.2) is 18.2 Å². The largest absolute Gasteiger partial charge is 0.412 e. The lowest BCUT2D eigenvalue weighted by Gasteiger charge is -1.97. The molecule has 0 aliphatic carbocycles. The standard InChI is InChI=1S/C6H9N3.H2O/c7-4-1-5(8)3-6(9)2-4;/h1-3H,7-9H2;1H2. The van der Waals surface area contributed by atoms with Gasteiger partial charge in [0.05, 0.1) is 0 Å². The molecule has 0 spiro atoms. The van der Waals surface area contributed by atoms with Crippen LogP contribution in [0.3, 0.4) is 0 Å². The summed E-state index contributed by atoms with van der Waals surface area (Å²) < 4.78 is 0. The van der Waals surface area contributed by atoms with Crippen molar-refractivity contribution in [2.24, 2.45) is 0 Å². The molecular weight excluding hydrogens is 130 g/mol. The minimum Gasteiger partial charge on any atom is -0.412 e. The van der Waals surface area contributed by atoms with Crippen LogP contribution in [0.2, 0.25) is 0 Å². The van der Waals surface area contributed by atoms with Crippen molar-refractivity contribution in [2.75, 3.05) is 17.2 Å². The number of rotatable bonds is 0. The molecule has 1 rings (SSSR count). The average Bonchev–Trinajstić information content (AvgIpc) is 1.59. The average molecular weight is 141 g/mol. The molecule has 0 atom stereocenters. The summed E-state index contributed by atoms with van der Waals surface area (Å²) in [4.78, 5) is 0. The molecule has 0 aliphatic heterocycles. The maximum atomic E-state index is 5.40. The third kappa shape index (κ3) is 1.83. The number of hydrogen-bond donors (Lipinski definition) is 3. The second kappa shape index (κ2) is 2.93. The number of hydrogen-bond acceptors (Lipinski definition) is 3. The second-order valence-corrected chi connectivity index (χ2v) is 1.93. The molecule has 0 aliphatic rings. The van der Waals surface area contributed by atoms with E-state index in [4.69, 9.17) is 17.2 Å². The molecule has 0 saturated carbocycles. The van der Waals surface area contributed by atoms with E-state index in [1.54, 1.807) is 18.2 Å². The molecule has 0 aromatic heterocycles. The highest BCUT2D eigenvalue weighted by Gasteiger charge is 1.89. The predicted molar refractivity (Wildman–Crippen MR) is 43.3 cm³/mol. The van der Waals surface area contributed by atoms with Gasteiger partial charge in [-0.25, -0.2) is 0 Å². The minimum absolute atomic E-state index is 0. The Hall–Kier alpha value is -1.42. The highest BCUT2D eigenvalue weighted by Crippen LogP contribution is 2.14. The van der Waals surface area contributed by atoms with E-state index in [2.05, 4.69) is 0 Å². The highest BCUT2D eigenvalue weighted by molar-refractivity contribution is 5.61. The molecule has 0 radical (unpaired) electrons. The van der Waals surface area contributed by atoms with E-state index < -0.39 is 0 Å². The number of benzene rings is 1. The van der Waals surface area contributed by atoms with Crippen molar-refractivity contribution in [3.05, 3.63) is 18.2 Å². The van der Waals surface area contributed by atoms with Gasteiger partial charge < -0.3 is 22.7 Å².